The number of ether oxygens (including phenoxy) is 2. The van der Waals surface area contributed by atoms with E-state index in [1.807, 2.05) is 24.3 Å². The number of benzene rings is 2. The van der Waals surface area contributed by atoms with Crippen LogP contribution >= 0.6 is 0 Å². The Morgan fingerprint density at radius 2 is 1.16 bits per heavy atom. The molecule has 0 aliphatic heterocycles. The van der Waals surface area contributed by atoms with E-state index in [9.17, 15) is 14.7 Å². The lowest BCUT2D eigenvalue weighted by Crippen LogP contribution is -2.06. The van der Waals surface area contributed by atoms with Crippen LogP contribution in [-0.2, 0) is 14.3 Å². The molecular formula is C27H34O5. The van der Waals surface area contributed by atoms with Crippen molar-refractivity contribution < 1.29 is 24.2 Å². The fourth-order valence-electron chi connectivity index (χ4n) is 3.25. The lowest BCUT2D eigenvalue weighted by molar-refractivity contribution is -0.139. The number of rotatable bonds is 14. The summed E-state index contributed by atoms with van der Waals surface area (Å²) in [6.07, 6.45) is 8.47. The molecule has 172 valence electrons. The Labute approximate surface area is 191 Å². The van der Waals surface area contributed by atoms with Gasteiger partial charge in [0, 0.05) is 5.57 Å². The molecule has 2 rings (SSSR count). The average molecular weight is 439 g/mol. The first-order valence-corrected chi connectivity index (χ1v) is 11.4. The van der Waals surface area contributed by atoms with Crippen molar-refractivity contribution in [1.29, 1.82) is 0 Å². The SMILES string of the molecule is C=C(C)C(=O)OCCCCCCCCCCOC(=O)c1ccc(-c2ccc(O)cc2)cc1. The molecule has 0 atom stereocenters. The first-order chi connectivity index (χ1) is 15.5. The third-order valence-electron chi connectivity index (χ3n) is 5.17. The Hall–Kier alpha value is -3.08. The maximum Gasteiger partial charge on any atom is 0.338 e. The van der Waals surface area contributed by atoms with Gasteiger partial charge in [-0.1, -0.05) is 69.4 Å². The Bertz CT molecular complexity index is 853. The molecule has 0 aliphatic rings. The third kappa shape index (κ3) is 9.38. The molecule has 0 saturated carbocycles. The van der Waals surface area contributed by atoms with E-state index in [1.165, 1.54) is 6.42 Å². The second-order valence-electron chi connectivity index (χ2n) is 8.00. The van der Waals surface area contributed by atoms with Crippen molar-refractivity contribution in [3.63, 3.8) is 0 Å². The van der Waals surface area contributed by atoms with Gasteiger partial charge in [-0.05, 0) is 55.2 Å². The van der Waals surface area contributed by atoms with Gasteiger partial charge < -0.3 is 14.6 Å². The standard InChI is InChI=1S/C27H34O5/c1-21(2)26(29)31-19-9-7-5-3-4-6-8-10-20-32-27(30)24-13-11-22(12-14-24)23-15-17-25(28)18-16-23/h11-18,28H,1,3-10,19-20H2,2H3. The molecule has 0 spiro atoms. The molecule has 5 heteroatoms. The zero-order valence-corrected chi connectivity index (χ0v) is 19.0. The molecule has 0 aromatic heterocycles. The molecule has 5 nitrogen and oxygen atoms in total. The van der Waals surface area contributed by atoms with Gasteiger partial charge in [0.05, 0.1) is 18.8 Å². The molecule has 1 N–H and O–H groups in total. The third-order valence-corrected chi connectivity index (χ3v) is 5.17. The topological polar surface area (TPSA) is 72.8 Å². The summed E-state index contributed by atoms with van der Waals surface area (Å²) in [4.78, 5) is 23.4. The zero-order valence-electron chi connectivity index (χ0n) is 19.0. The second-order valence-corrected chi connectivity index (χ2v) is 8.00. The summed E-state index contributed by atoms with van der Waals surface area (Å²) in [6.45, 7) is 6.12. The van der Waals surface area contributed by atoms with Gasteiger partial charge in [0.15, 0.2) is 0 Å². The Morgan fingerprint density at radius 3 is 1.66 bits per heavy atom. The first kappa shape index (κ1) is 25.2. The van der Waals surface area contributed by atoms with Gasteiger partial charge in [-0.25, -0.2) is 9.59 Å². The van der Waals surface area contributed by atoms with E-state index in [0.29, 0.717) is 24.4 Å². The van der Waals surface area contributed by atoms with Crippen molar-refractivity contribution in [1.82, 2.24) is 0 Å². The van der Waals surface area contributed by atoms with Crippen LogP contribution in [0.4, 0.5) is 0 Å². The molecule has 32 heavy (non-hydrogen) atoms. The van der Waals surface area contributed by atoms with Crippen molar-refractivity contribution in [3.05, 3.63) is 66.2 Å². The van der Waals surface area contributed by atoms with E-state index in [-0.39, 0.29) is 17.7 Å². The van der Waals surface area contributed by atoms with Crippen LogP contribution in [0.2, 0.25) is 0 Å². The lowest BCUT2D eigenvalue weighted by atomic mass is 10.0. The van der Waals surface area contributed by atoms with Gasteiger partial charge in [-0.2, -0.15) is 0 Å². The highest BCUT2D eigenvalue weighted by Crippen LogP contribution is 2.22. The van der Waals surface area contributed by atoms with Crippen LogP contribution in [0.1, 0.15) is 68.6 Å². The maximum absolute atomic E-state index is 12.2. The smallest absolute Gasteiger partial charge is 0.338 e. The predicted octanol–water partition coefficient (Wildman–Crippen LogP) is 6.46. The lowest BCUT2D eigenvalue weighted by Gasteiger charge is -2.07. The maximum atomic E-state index is 12.2. The predicted molar refractivity (Wildman–Crippen MR) is 127 cm³/mol. The Kier molecular flexibility index (Phi) is 11.1. The van der Waals surface area contributed by atoms with Crippen LogP contribution in [0.5, 0.6) is 5.75 Å². The molecule has 0 heterocycles. The first-order valence-electron chi connectivity index (χ1n) is 11.4. The summed E-state index contributed by atoms with van der Waals surface area (Å²) in [6, 6.07) is 14.3. The number of hydrogen-bond donors (Lipinski definition) is 1. The number of phenolic OH excluding ortho intramolecular Hbond substituents is 1. The Balaban J connectivity index is 1.49. The second kappa shape index (κ2) is 14.1. The van der Waals surface area contributed by atoms with Crippen LogP contribution in [0.15, 0.2) is 60.7 Å². The Morgan fingerprint density at radius 1 is 0.719 bits per heavy atom. The summed E-state index contributed by atoms with van der Waals surface area (Å²) in [5, 5.41) is 9.38. The number of unbranched alkanes of at least 4 members (excludes halogenated alkanes) is 7. The van der Waals surface area contributed by atoms with Gasteiger partial charge in [-0.15, -0.1) is 0 Å². The molecule has 0 unspecified atom stereocenters. The van der Waals surface area contributed by atoms with Gasteiger partial charge in [0.2, 0.25) is 0 Å². The summed E-state index contributed by atoms with van der Waals surface area (Å²) in [5.74, 6) is -0.376. The number of phenols is 1. The van der Waals surface area contributed by atoms with E-state index in [4.69, 9.17) is 9.47 Å². The highest BCUT2D eigenvalue weighted by Gasteiger charge is 2.07. The fourth-order valence-corrected chi connectivity index (χ4v) is 3.25. The number of carbonyl (C=O) groups excluding carboxylic acids is 2. The minimum absolute atomic E-state index is 0.229. The van der Waals surface area contributed by atoms with Crippen molar-refractivity contribution >= 4 is 11.9 Å². The summed E-state index contributed by atoms with van der Waals surface area (Å²) in [5.41, 5.74) is 2.95. The monoisotopic (exact) mass is 438 g/mol. The highest BCUT2D eigenvalue weighted by atomic mass is 16.5. The van der Waals surface area contributed by atoms with Crippen molar-refractivity contribution in [2.45, 2.75) is 58.3 Å². The van der Waals surface area contributed by atoms with Crippen LogP contribution in [0, 0.1) is 0 Å². The molecule has 2 aromatic carbocycles. The van der Waals surface area contributed by atoms with Crippen LogP contribution in [0.25, 0.3) is 11.1 Å². The van der Waals surface area contributed by atoms with Gasteiger partial charge in [0.25, 0.3) is 0 Å². The van der Waals surface area contributed by atoms with Crippen LogP contribution in [0.3, 0.4) is 0 Å². The quantitative estimate of drug-likeness (QED) is 0.208. The molecule has 0 fully saturated rings. The van der Waals surface area contributed by atoms with Gasteiger partial charge in [0.1, 0.15) is 5.75 Å². The molecule has 0 saturated heterocycles. The molecule has 0 radical (unpaired) electrons. The molecule has 0 amide bonds. The normalized spacial score (nSPS) is 10.5. The van der Waals surface area contributed by atoms with Crippen molar-refractivity contribution in [2.24, 2.45) is 0 Å². The molecule has 2 aromatic rings. The van der Waals surface area contributed by atoms with E-state index in [2.05, 4.69) is 6.58 Å². The number of carbonyl (C=O) groups is 2. The van der Waals surface area contributed by atoms with E-state index < -0.39 is 0 Å². The van der Waals surface area contributed by atoms with Gasteiger partial charge in [-0.3, -0.25) is 0 Å². The number of aromatic hydroxyl groups is 1. The van der Waals surface area contributed by atoms with E-state index in [1.54, 1.807) is 31.2 Å². The van der Waals surface area contributed by atoms with E-state index in [0.717, 1.165) is 56.1 Å². The van der Waals surface area contributed by atoms with Crippen molar-refractivity contribution in [2.75, 3.05) is 13.2 Å². The molecule has 0 aliphatic carbocycles. The van der Waals surface area contributed by atoms with Gasteiger partial charge >= 0.3 is 11.9 Å². The number of esters is 2. The number of hydrogen-bond acceptors (Lipinski definition) is 5. The zero-order chi connectivity index (χ0) is 23.2. The fraction of sp³-hybridized carbons (Fsp3) is 0.407. The van der Waals surface area contributed by atoms with Crippen LogP contribution in [-0.4, -0.2) is 30.3 Å². The van der Waals surface area contributed by atoms with E-state index >= 15 is 0 Å². The minimum Gasteiger partial charge on any atom is -0.508 e. The largest absolute Gasteiger partial charge is 0.508 e. The van der Waals surface area contributed by atoms with Crippen molar-refractivity contribution in [3.8, 4) is 16.9 Å². The molecular weight excluding hydrogens is 404 g/mol. The summed E-state index contributed by atoms with van der Waals surface area (Å²) >= 11 is 0. The van der Waals surface area contributed by atoms with Crippen LogP contribution < -0.4 is 0 Å². The summed E-state index contributed by atoms with van der Waals surface area (Å²) in [7, 11) is 0. The molecule has 0 bridgehead atoms. The average Bonchev–Trinajstić information content (AvgIpc) is 2.80. The minimum atomic E-state index is -0.309. The highest BCUT2D eigenvalue weighted by molar-refractivity contribution is 5.90. The summed E-state index contributed by atoms with van der Waals surface area (Å²) < 4.78 is 10.4.